The van der Waals surface area contributed by atoms with E-state index < -0.39 is 0 Å². The average molecular weight is 180 g/mol. The van der Waals surface area contributed by atoms with Gasteiger partial charge in [0.25, 0.3) is 0 Å². The molecule has 0 N–H and O–H groups in total. The molecular formula is C13H24. The smallest absolute Gasteiger partial charge is 0.0119 e. The van der Waals surface area contributed by atoms with Gasteiger partial charge in [-0.1, -0.05) is 58.4 Å². The minimum atomic E-state index is 0.328. The van der Waals surface area contributed by atoms with E-state index in [-0.39, 0.29) is 0 Å². The first-order chi connectivity index (χ1) is 5.96. The predicted octanol–water partition coefficient (Wildman–Crippen LogP) is 4.58. The van der Waals surface area contributed by atoms with Gasteiger partial charge in [-0.25, -0.2) is 0 Å². The molecule has 0 aromatic rings. The fourth-order valence-electron chi connectivity index (χ4n) is 1.37. The van der Waals surface area contributed by atoms with Crippen molar-refractivity contribution in [1.29, 1.82) is 0 Å². The highest BCUT2D eigenvalue weighted by Gasteiger charge is 2.25. The lowest BCUT2D eigenvalue weighted by Crippen LogP contribution is -2.21. The van der Waals surface area contributed by atoms with Crippen molar-refractivity contribution in [1.82, 2.24) is 0 Å². The molecule has 0 aliphatic carbocycles. The fourth-order valence-corrected chi connectivity index (χ4v) is 1.37. The van der Waals surface area contributed by atoms with Crippen molar-refractivity contribution >= 4 is 0 Å². The van der Waals surface area contributed by atoms with Crippen molar-refractivity contribution in [2.75, 3.05) is 0 Å². The number of hydrogen-bond acceptors (Lipinski definition) is 0. The van der Waals surface area contributed by atoms with Gasteiger partial charge in [-0.15, -0.1) is 0 Å². The van der Waals surface area contributed by atoms with Crippen LogP contribution in [0.1, 0.15) is 48.0 Å². The molecule has 13 heavy (non-hydrogen) atoms. The summed E-state index contributed by atoms with van der Waals surface area (Å²) in [5, 5.41) is 0. The lowest BCUT2D eigenvalue weighted by molar-refractivity contribution is 0.303. The molecule has 0 spiro atoms. The fraction of sp³-hybridized carbons (Fsp3) is 0.692. The molecule has 0 rings (SSSR count). The highest BCUT2D eigenvalue weighted by atomic mass is 14.3. The standard InChI is InChI=1S/C13H24/c1-7-9-10-12(8-2)13(5,6)11(3)4/h7,9-11H,8H2,1-6H3/b9-7-,12-10+. The van der Waals surface area contributed by atoms with Crippen LogP contribution in [0.2, 0.25) is 0 Å². The normalized spacial score (nSPS) is 14.5. The molecule has 0 aromatic heterocycles. The SMILES string of the molecule is C/C=C\C=C(/CC)C(C)(C)C(C)C. The van der Waals surface area contributed by atoms with Gasteiger partial charge in [-0.05, 0) is 24.7 Å². The molecule has 0 fully saturated rings. The first kappa shape index (κ1) is 12.5. The Morgan fingerprint density at radius 2 is 1.85 bits per heavy atom. The van der Waals surface area contributed by atoms with Gasteiger partial charge in [-0.3, -0.25) is 0 Å². The highest BCUT2D eigenvalue weighted by molar-refractivity contribution is 5.19. The van der Waals surface area contributed by atoms with E-state index in [1.807, 2.05) is 0 Å². The van der Waals surface area contributed by atoms with Crippen molar-refractivity contribution in [2.24, 2.45) is 11.3 Å². The molecule has 0 radical (unpaired) electrons. The van der Waals surface area contributed by atoms with Crippen LogP contribution in [0.4, 0.5) is 0 Å². The second-order valence-corrected chi connectivity index (χ2v) is 4.45. The summed E-state index contributed by atoms with van der Waals surface area (Å²) in [5.41, 5.74) is 1.87. The summed E-state index contributed by atoms with van der Waals surface area (Å²) in [4.78, 5) is 0. The Hall–Kier alpha value is -0.520. The van der Waals surface area contributed by atoms with Crippen LogP contribution in [-0.2, 0) is 0 Å². The molecule has 0 aliphatic heterocycles. The van der Waals surface area contributed by atoms with Crippen LogP contribution < -0.4 is 0 Å². The first-order valence-electron chi connectivity index (χ1n) is 5.29. The first-order valence-corrected chi connectivity index (χ1v) is 5.29. The third-order valence-electron chi connectivity index (χ3n) is 3.14. The largest absolute Gasteiger partial charge is 0.0877 e. The minimum Gasteiger partial charge on any atom is -0.0877 e. The molecule has 76 valence electrons. The number of rotatable bonds is 4. The second kappa shape index (κ2) is 5.26. The molecule has 0 aliphatic rings. The Kier molecular flexibility index (Phi) is 5.05. The molecule has 0 saturated carbocycles. The topological polar surface area (TPSA) is 0 Å². The summed E-state index contributed by atoms with van der Waals surface area (Å²) in [6.07, 6.45) is 7.64. The average Bonchev–Trinajstić information content (AvgIpc) is 2.05. The number of hydrogen-bond donors (Lipinski definition) is 0. The van der Waals surface area contributed by atoms with Gasteiger partial charge < -0.3 is 0 Å². The van der Waals surface area contributed by atoms with E-state index in [0.29, 0.717) is 11.3 Å². The maximum absolute atomic E-state index is 2.33. The maximum atomic E-state index is 2.33. The van der Waals surface area contributed by atoms with E-state index in [2.05, 4.69) is 59.8 Å². The predicted molar refractivity (Wildman–Crippen MR) is 61.8 cm³/mol. The van der Waals surface area contributed by atoms with E-state index in [4.69, 9.17) is 0 Å². The van der Waals surface area contributed by atoms with Crippen LogP contribution >= 0.6 is 0 Å². The zero-order valence-electron chi connectivity index (χ0n) is 10.0. The molecule has 0 heterocycles. The van der Waals surface area contributed by atoms with Gasteiger partial charge in [0.2, 0.25) is 0 Å². The highest BCUT2D eigenvalue weighted by Crippen LogP contribution is 2.36. The quantitative estimate of drug-likeness (QED) is 0.555. The van der Waals surface area contributed by atoms with Crippen LogP contribution in [0, 0.1) is 11.3 Å². The number of allylic oxidation sites excluding steroid dienone is 4. The Labute approximate surface area is 83.7 Å². The lowest BCUT2D eigenvalue weighted by Gasteiger charge is -2.32. The molecule has 0 atom stereocenters. The summed E-state index contributed by atoms with van der Waals surface area (Å²) in [6, 6.07) is 0. The second-order valence-electron chi connectivity index (χ2n) is 4.45. The third-order valence-corrected chi connectivity index (χ3v) is 3.14. The summed E-state index contributed by atoms with van der Waals surface area (Å²) < 4.78 is 0. The summed E-state index contributed by atoms with van der Waals surface area (Å²) >= 11 is 0. The van der Waals surface area contributed by atoms with Gasteiger partial charge >= 0.3 is 0 Å². The van der Waals surface area contributed by atoms with Crippen molar-refractivity contribution in [3.8, 4) is 0 Å². The van der Waals surface area contributed by atoms with E-state index in [0.717, 1.165) is 6.42 Å². The molecule has 0 bridgehead atoms. The van der Waals surface area contributed by atoms with Crippen molar-refractivity contribution in [2.45, 2.75) is 48.0 Å². The Morgan fingerprint density at radius 3 is 2.15 bits per heavy atom. The van der Waals surface area contributed by atoms with E-state index in [9.17, 15) is 0 Å². The Bertz CT molecular complexity index is 192. The summed E-state index contributed by atoms with van der Waals surface area (Å²) in [5.74, 6) is 0.698. The van der Waals surface area contributed by atoms with Crippen molar-refractivity contribution < 1.29 is 0 Å². The molecule has 0 saturated heterocycles. The Morgan fingerprint density at radius 1 is 1.31 bits per heavy atom. The van der Waals surface area contributed by atoms with E-state index in [1.165, 1.54) is 0 Å². The molecular weight excluding hydrogens is 156 g/mol. The minimum absolute atomic E-state index is 0.328. The third kappa shape index (κ3) is 3.38. The Balaban J connectivity index is 4.75. The lowest BCUT2D eigenvalue weighted by atomic mass is 9.73. The molecule has 0 heteroatoms. The van der Waals surface area contributed by atoms with E-state index in [1.54, 1.807) is 5.57 Å². The van der Waals surface area contributed by atoms with E-state index >= 15 is 0 Å². The van der Waals surface area contributed by atoms with Crippen LogP contribution in [0.15, 0.2) is 23.8 Å². The van der Waals surface area contributed by atoms with Gasteiger partial charge in [0.1, 0.15) is 0 Å². The van der Waals surface area contributed by atoms with Crippen molar-refractivity contribution in [3.63, 3.8) is 0 Å². The monoisotopic (exact) mass is 180 g/mol. The maximum Gasteiger partial charge on any atom is -0.0119 e. The zero-order valence-corrected chi connectivity index (χ0v) is 10.0. The van der Waals surface area contributed by atoms with Crippen LogP contribution in [-0.4, -0.2) is 0 Å². The van der Waals surface area contributed by atoms with Gasteiger partial charge in [0, 0.05) is 0 Å². The van der Waals surface area contributed by atoms with Crippen LogP contribution in [0.25, 0.3) is 0 Å². The van der Waals surface area contributed by atoms with Crippen LogP contribution in [0.5, 0.6) is 0 Å². The van der Waals surface area contributed by atoms with Crippen molar-refractivity contribution in [3.05, 3.63) is 23.8 Å². The zero-order chi connectivity index (χ0) is 10.5. The van der Waals surface area contributed by atoms with Gasteiger partial charge in [0.05, 0.1) is 0 Å². The molecule has 0 nitrogen and oxygen atoms in total. The molecule has 0 aromatic carbocycles. The summed E-state index contributed by atoms with van der Waals surface area (Å²) in [7, 11) is 0. The van der Waals surface area contributed by atoms with Gasteiger partial charge in [0.15, 0.2) is 0 Å². The summed E-state index contributed by atoms with van der Waals surface area (Å²) in [6.45, 7) is 13.5. The van der Waals surface area contributed by atoms with Crippen LogP contribution in [0.3, 0.4) is 0 Å². The molecule has 0 amide bonds. The molecule has 0 unspecified atom stereocenters. The van der Waals surface area contributed by atoms with Gasteiger partial charge in [-0.2, -0.15) is 0 Å².